The molecule has 0 bridgehead atoms. The number of nitrogens with zero attached hydrogens (tertiary/aromatic N) is 2. The van der Waals surface area contributed by atoms with Gasteiger partial charge in [-0.3, -0.25) is 4.90 Å². The average Bonchev–Trinajstić information content (AvgIpc) is 2.39. The standard InChI is InChI=1S/C14H18N2O2/c15-10-12-4-1-2-6-14(12)18-9-8-16-7-3-5-13(17)11-16/h1-2,4,6,13,17H,3,5,7-9,11H2/t13-/m0/s1. The van der Waals surface area contributed by atoms with Gasteiger partial charge in [-0.15, -0.1) is 0 Å². The van der Waals surface area contributed by atoms with Gasteiger partial charge >= 0.3 is 0 Å². The predicted molar refractivity (Wildman–Crippen MR) is 68.3 cm³/mol. The first-order valence-corrected chi connectivity index (χ1v) is 6.32. The molecule has 2 rings (SSSR count). The van der Waals surface area contributed by atoms with Crippen molar-refractivity contribution in [3.05, 3.63) is 29.8 Å². The van der Waals surface area contributed by atoms with E-state index in [1.165, 1.54) is 0 Å². The van der Waals surface area contributed by atoms with E-state index in [1.54, 1.807) is 6.07 Å². The highest BCUT2D eigenvalue weighted by molar-refractivity contribution is 5.42. The van der Waals surface area contributed by atoms with E-state index in [-0.39, 0.29) is 6.10 Å². The van der Waals surface area contributed by atoms with Crippen molar-refractivity contribution in [2.75, 3.05) is 26.2 Å². The van der Waals surface area contributed by atoms with Crippen LogP contribution in [0.5, 0.6) is 5.75 Å². The van der Waals surface area contributed by atoms with Gasteiger partial charge in [0, 0.05) is 13.1 Å². The van der Waals surface area contributed by atoms with Crippen LogP contribution < -0.4 is 4.74 Å². The van der Waals surface area contributed by atoms with Crippen molar-refractivity contribution >= 4 is 0 Å². The lowest BCUT2D eigenvalue weighted by Crippen LogP contribution is -2.40. The molecule has 1 aliphatic rings. The minimum Gasteiger partial charge on any atom is -0.491 e. The smallest absolute Gasteiger partial charge is 0.137 e. The summed E-state index contributed by atoms with van der Waals surface area (Å²) in [6.07, 6.45) is 1.73. The number of ether oxygens (including phenoxy) is 1. The fraction of sp³-hybridized carbons (Fsp3) is 0.500. The molecule has 0 aliphatic carbocycles. The molecule has 1 aliphatic heterocycles. The van der Waals surface area contributed by atoms with Gasteiger partial charge in [-0.1, -0.05) is 12.1 Å². The Morgan fingerprint density at radius 1 is 1.44 bits per heavy atom. The molecule has 4 heteroatoms. The fourth-order valence-corrected chi connectivity index (χ4v) is 2.20. The summed E-state index contributed by atoms with van der Waals surface area (Å²) in [7, 11) is 0. The molecule has 1 saturated heterocycles. The Labute approximate surface area is 107 Å². The van der Waals surface area contributed by atoms with Crippen LogP contribution in [-0.2, 0) is 0 Å². The molecule has 0 aromatic heterocycles. The number of piperidine rings is 1. The molecular formula is C14H18N2O2. The van der Waals surface area contributed by atoms with E-state index >= 15 is 0 Å². The largest absolute Gasteiger partial charge is 0.491 e. The number of aliphatic hydroxyl groups excluding tert-OH is 1. The Kier molecular flexibility index (Phi) is 4.57. The number of likely N-dealkylation sites (tertiary alicyclic amines) is 1. The Morgan fingerprint density at radius 2 is 2.28 bits per heavy atom. The molecule has 1 N–H and O–H groups in total. The summed E-state index contributed by atoms with van der Waals surface area (Å²) in [6, 6.07) is 9.36. The van der Waals surface area contributed by atoms with Crippen LogP contribution in [-0.4, -0.2) is 42.4 Å². The highest BCUT2D eigenvalue weighted by Gasteiger charge is 2.17. The van der Waals surface area contributed by atoms with Crippen LogP contribution in [0.1, 0.15) is 18.4 Å². The normalized spacial score (nSPS) is 20.3. The maximum absolute atomic E-state index is 9.55. The zero-order valence-corrected chi connectivity index (χ0v) is 10.4. The molecule has 96 valence electrons. The molecule has 0 unspecified atom stereocenters. The van der Waals surface area contributed by atoms with Crippen molar-refractivity contribution in [3.63, 3.8) is 0 Å². The molecular weight excluding hydrogens is 228 g/mol. The lowest BCUT2D eigenvalue weighted by Gasteiger charge is -2.29. The summed E-state index contributed by atoms with van der Waals surface area (Å²) in [5.74, 6) is 0.637. The summed E-state index contributed by atoms with van der Waals surface area (Å²) < 4.78 is 5.62. The van der Waals surface area contributed by atoms with Gasteiger partial charge in [0.05, 0.1) is 11.7 Å². The molecule has 18 heavy (non-hydrogen) atoms. The predicted octanol–water partition coefficient (Wildman–Crippen LogP) is 1.39. The van der Waals surface area contributed by atoms with E-state index < -0.39 is 0 Å². The first-order valence-electron chi connectivity index (χ1n) is 6.32. The lowest BCUT2D eigenvalue weighted by molar-refractivity contribution is 0.0633. The number of hydrogen-bond acceptors (Lipinski definition) is 4. The number of nitriles is 1. The summed E-state index contributed by atoms with van der Waals surface area (Å²) in [4.78, 5) is 2.20. The van der Waals surface area contributed by atoms with Crippen LogP contribution in [0.2, 0.25) is 0 Å². The fourth-order valence-electron chi connectivity index (χ4n) is 2.20. The van der Waals surface area contributed by atoms with Crippen LogP contribution >= 0.6 is 0 Å². The Balaban J connectivity index is 1.80. The molecule has 4 nitrogen and oxygen atoms in total. The topological polar surface area (TPSA) is 56.5 Å². The second-order valence-electron chi connectivity index (χ2n) is 4.55. The maximum atomic E-state index is 9.55. The highest BCUT2D eigenvalue weighted by Crippen LogP contribution is 2.16. The summed E-state index contributed by atoms with van der Waals surface area (Å²) in [6.45, 7) is 3.08. The summed E-state index contributed by atoms with van der Waals surface area (Å²) in [5.41, 5.74) is 0.566. The van der Waals surface area contributed by atoms with Crippen LogP contribution in [0.3, 0.4) is 0 Å². The number of benzene rings is 1. The molecule has 0 amide bonds. The number of aliphatic hydroxyl groups is 1. The van der Waals surface area contributed by atoms with E-state index in [1.807, 2.05) is 18.2 Å². The van der Waals surface area contributed by atoms with E-state index in [9.17, 15) is 5.11 Å². The van der Waals surface area contributed by atoms with Crippen molar-refractivity contribution in [1.29, 1.82) is 5.26 Å². The van der Waals surface area contributed by atoms with Crippen LogP contribution in [0, 0.1) is 11.3 Å². The highest BCUT2D eigenvalue weighted by atomic mass is 16.5. The van der Waals surface area contributed by atoms with Gasteiger partial charge in [-0.2, -0.15) is 5.26 Å². The molecule has 1 fully saturated rings. The van der Waals surface area contributed by atoms with Crippen LogP contribution in [0.4, 0.5) is 0 Å². The lowest BCUT2D eigenvalue weighted by atomic mass is 10.1. The van der Waals surface area contributed by atoms with Gasteiger partial charge in [0.1, 0.15) is 18.4 Å². The maximum Gasteiger partial charge on any atom is 0.137 e. The number of rotatable bonds is 4. The molecule has 0 spiro atoms. The minimum absolute atomic E-state index is 0.204. The molecule has 1 aromatic rings. The molecule has 1 aromatic carbocycles. The number of β-amino-alcohol motifs (C(OH)–C–C–N with tert-alkyl or cyclic N) is 1. The Hall–Kier alpha value is -1.57. The second kappa shape index (κ2) is 6.39. The second-order valence-corrected chi connectivity index (χ2v) is 4.55. The van der Waals surface area contributed by atoms with Crippen molar-refractivity contribution in [2.24, 2.45) is 0 Å². The molecule has 0 radical (unpaired) electrons. The monoisotopic (exact) mass is 246 g/mol. The van der Waals surface area contributed by atoms with E-state index in [0.29, 0.717) is 17.9 Å². The van der Waals surface area contributed by atoms with Crippen molar-refractivity contribution in [3.8, 4) is 11.8 Å². The Bertz CT molecular complexity index is 428. The number of para-hydroxylation sites is 1. The quantitative estimate of drug-likeness (QED) is 0.872. The van der Waals surface area contributed by atoms with Gasteiger partial charge in [0.15, 0.2) is 0 Å². The van der Waals surface area contributed by atoms with Gasteiger partial charge in [0.2, 0.25) is 0 Å². The summed E-state index contributed by atoms with van der Waals surface area (Å²) in [5, 5.41) is 18.5. The summed E-state index contributed by atoms with van der Waals surface area (Å²) >= 11 is 0. The SMILES string of the molecule is N#Cc1ccccc1OCCN1CCC[C@H](O)C1. The Morgan fingerprint density at radius 3 is 3.06 bits per heavy atom. The molecule has 0 saturated carbocycles. The third-order valence-corrected chi connectivity index (χ3v) is 3.15. The van der Waals surface area contributed by atoms with Crippen LogP contribution in [0.15, 0.2) is 24.3 Å². The van der Waals surface area contributed by atoms with Gasteiger partial charge in [-0.05, 0) is 31.5 Å². The van der Waals surface area contributed by atoms with E-state index in [2.05, 4.69) is 11.0 Å². The van der Waals surface area contributed by atoms with Crippen molar-refractivity contribution in [2.45, 2.75) is 18.9 Å². The van der Waals surface area contributed by atoms with Crippen molar-refractivity contribution < 1.29 is 9.84 Å². The molecule has 1 atom stereocenters. The van der Waals surface area contributed by atoms with Crippen molar-refractivity contribution in [1.82, 2.24) is 4.90 Å². The average molecular weight is 246 g/mol. The first kappa shape index (κ1) is 12.9. The zero-order chi connectivity index (χ0) is 12.8. The minimum atomic E-state index is -0.204. The van der Waals surface area contributed by atoms with E-state index in [4.69, 9.17) is 10.00 Å². The van der Waals surface area contributed by atoms with Gasteiger partial charge in [0.25, 0.3) is 0 Å². The van der Waals surface area contributed by atoms with E-state index in [0.717, 1.165) is 32.5 Å². The third kappa shape index (κ3) is 3.46. The van der Waals surface area contributed by atoms with Gasteiger partial charge < -0.3 is 9.84 Å². The molecule has 1 heterocycles. The third-order valence-electron chi connectivity index (χ3n) is 3.15. The number of hydrogen-bond donors (Lipinski definition) is 1. The van der Waals surface area contributed by atoms with Gasteiger partial charge in [-0.25, -0.2) is 0 Å². The zero-order valence-electron chi connectivity index (χ0n) is 10.4. The first-order chi connectivity index (χ1) is 8.79. The van der Waals surface area contributed by atoms with Crippen LogP contribution in [0.25, 0.3) is 0 Å².